The molecule has 8 heteroatoms. The summed E-state index contributed by atoms with van der Waals surface area (Å²) in [6.45, 7) is 1.93. The van der Waals surface area contributed by atoms with Gasteiger partial charge in [0.05, 0.1) is 10.5 Å². The second-order valence-electron chi connectivity index (χ2n) is 7.16. The summed E-state index contributed by atoms with van der Waals surface area (Å²) < 4.78 is 5.07. The summed E-state index contributed by atoms with van der Waals surface area (Å²) in [6, 6.07) is 12.1. The van der Waals surface area contributed by atoms with Crippen LogP contribution in [0.3, 0.4) is 0 Å². The Morgan fingerprint density at radius 2 is 1.97 bits per heavy atom. The lowest BCUT2D eigenvalue weighted by Crippen LogP contribution is -2.31. The Labute approximate surface area is 168 Å². The van der Waals surface area contributed by atoms with Crippen LogP contribution in [0.4, 0.5) is 11.4 Å². The van der Waals surface area contributed by atoms with Gasteiger partial charge in [-0.1, -0.05) is 24.3 Å². The van der Waals surface area contributed by atoms with Crippen LogP contribution in [0.1, 0.15) is 34.3 Å². The highest BCUT2D eigenvalue weighted by molar-refractivity contribution is 5.93. The molecule has 0 unspecified atom stereocenters. The minimum atomic E-state index is -0.774. The van der Waals surface area contributed by atoms with Crippen LogP contribution in [0, 0.1) is 17.0 Å². The minimum absolute atomic E-state index is 0.0346. The first-order valence-electron chi connectivity index (χ1n) is 9.35. The number of hydrogen-bond donors (Lipinski definition) is 1. The van der Waals surface area contributed by atoms with E-state index in [9.17, 15) is 19.7 Å². The van der Waals surface area contributed by atoms with Gasteiger partial charge in [0.1, 0.15) is 5.69 Å². The molecule has 0 atom stereocenters. The van der Waals surface area contributed by atoms with Gasteiger partial charge in [0.2, 0.25) is 0 Å². The third-order valence-corrected chi connectivity index (χ3v) is 4.79. The van der Waals surface area contributed by atoms with Crippen LogP contribution in [0.2, 0.25) is 0 Å². The fourth-order valence-electron chi connectivity index (χ4n) is 2.83. The molecule has 1 amide bonds. The van der Waals surface area contributed by atoms with Crippen molar-refractivity contribution in [2.45, 2.75) is 32.4 Å². The molecule has 3 rings (SSSR count). The van der Waals surface area contributed by atoms with E-state index in [1.807, 2.05) is 31.2 Å². The van der Waals surface area contributed by atoms with Gasteiger partial charge in [0.25, 0.3) is 11.6 Å². The number of anilines is 1. The van der Waals surface area contributed by atoms with Crippen molar-refractivity contribution in [3.63, 3.8) is 0 Å². The Kier molecular flexibility index (Phi) is 6.11. The number of carbonyl (C=O) groups excluding carboxylic acids is 2. The van der Waals surface area contributed by atoms with E-state index in [1.165, 1.54) is 23.1 Å². The Morgan fingerprint density at radius 1 is 1.24 bits per heavy atom. The summed E-state index contributed by atoms with van der Waals surface area (Å²) in [5.41, 5.74) is 2.30. The number of likely N-dealkylation sites (N-methyl/N-ethyl adjacent to an activating group) is 1. The average Bonchev–Trinajstić information content (AvgIpc) is 3.51. The molecule has 2 aromatic rings. The predicted octanol–water partition coefficient (Wildman–Crippen LogP) is 3.29. The Balaban J connectivity index is 1.59. The molecule has 0 spiro atoms. The molecular weight excluding hydrogens is 374 g/mol. The first-order valence-corrected chi connectivity index (χ1v) is 9.35. The van der Waals surface area contributed by atoms with Gasteiger partial charge in [0, 0.05) is 25.7 Å². The van der Waals surface area contributed by atoms with Gasteiger partial charge in [-0.2, -0.15) is 0 Å². The fraction of sp³-hybridized carbons (Fsp3) is 0.333. The smallest absolute Gasteiger partial charge is 0.338 e. The van der Waals surface area contributed by atoms with Crippen LogP contribution < -0.4 is 5.32 Å². The fourth-order valence-corrected chi connectivity index (χ4v) is 2.83. The van der Waals surface area contributed by atoms with E-state index in [0.717, 1.165) is 24.0 Å². The van der Waals surface area contributed by atoms with E-state index in [4.69, 9.17) is 4.74 Å². The molecule has 8 nitrogen and oxygen atoms in total. The van der Waals surface area contributed by atoms with Crippen LogP contribution in [-0.2, 0) is 16.1 Å². The normalized spacial score (nSPS) is 12.9. The number of aryl methyl sites for hydroxylation is 1. The third-order valence-electron chi connectivity index (χ3n) is 4.79. The second-order valence-corrected chi connectivity index (χ2v) is 7.16. The Hall–Kier alpha value is -3.42. The Bertz CT molecular complexity index is 940. The molecule has 1 aliphatic rings. The maximum absolute atomic E-state index is 12.3. The molecule has 1 aliphatic carbocycles. The summed E-state index contributed by atoms with van der Waals surface area (Å²) >= 11 is 0. The number of carbonyl (C=O) groups is 2. The van der Waals surface area contributed by atoms with Crippen molar-refractivity contribution in [2.24, 2.45) is 0 Å². The highest BCUT2D eigenvalue weighted by Crippen LogP contribution is 2.31. The molecule has 1 fully saturated rings. The van der Waals surface area contributed by atoms with Crippen LogP contribution in [-0.4, -0.2) is 41.4 Å². The van der Waals surface area contributed by atoms with Crippen molar-refractivity contribution in [1.29, 1.82) is 0 Å². The van der Waals surface area contributed by atoms with Crippen LogP contribution in [0.15, 0.2) is 42.5 Å². The molecule has 0 saturated heterocycles. The Morgan fingerprint density at radius 3 is 2.62 bits per heavy atom. The third kappa shape index (κ3) is 5.31. The highest BCUT2D eigenvalue weighted by atomic mass is 16.6. The zero-order valence-corrected chi connectivity index (χ0v) is 16.4. The average molecular weight is 397 g/mol. The van der Waals surface area contributed by atoms with Crippen LogP contribution in [0.25, 0.3) is 0 Å². The van der Waals surface area contributed by atoms with Gasteiger partial charge in [-0.15, -0.1) is 0 Å². The van der Waals surface area contributed by atoms with Gasteiger partial charge >= 0.3 is 5.97 Å². The SMILES string of the molecule is Cc1ccccc1CN(C)C(=O)COC(=O)c1ccc(NC2CC2)c([N+](=O)[O-])c1. The van der Waals surface area contributed by atoms with E-state index in [0.29, 0.717) is 12.2 Å². The molecule has 0 heterocycles. The summed E-state index contributed by atoms with van der Waals surface area (Å²) in [4.78, 5) is 36.8. The van der Waals surface area contributed by atoms with Crippen molar-refractivity contribution >= 4 is 23.3 Å². The van der Waals surface area contributed by atoms with Gasteiger partial charge < -0.3 is 15.0 Å². The summed E-state index contributed by atoms with van der Waals surface area (Å²) in [6.07, 6.45) is 1.94. The first kappa shape index (κ1) is 20.3. The summed E-state index contributed by atoms with van der Waals surface area (Å²) in [7, 11) is 1.63. The first-order chi connectivity index (χ1) is 13.8. The number of nitro groups is 1. The standard InChI is InChI=1S/C21H23N3O5/c1-14-5-3-4-6-16(14)12-23(2)20(25)13-29-21(26)15-7-10-18(22-17-8-9-17)19(11-15)24(27)28/h3-7,10-11,17,22H,8-9,12-13H2,1-2H3. The van der Waals surface area contributed by atoms with Gasteiger partial charge in [-0.3, -0.25) is 14.9 Å². The monoisotopic (exact) mass is 397 g/mol. The number of nitro benzene ring substituents is 1. The van der Waals surface area contributed by atoms with Crippen molar-refractivity contribution in [2.75, 3.05) is 19.0 Å². The molecule has 1 N–H and O–H groups in total. The van der Waals surface area contributed by atoms with Gasteiger partial charge in [-0.05, 0) is 43.0 Å². The number of amides is 1. The number of rotatable bonds is 8. The highest BCUT2D eigenvalue weighted by Gasteiger charge is 2.26. The lowest BCUT2D eigenvalue weighted by Gasteiger charge is -2.18. The van der Waals surface area contributed by atoms with Crippen molar-refractivity contribution < 1.29 is 19.2 Å². The van der Waals surface area contributed by atoms with Crippen molar-refractivity contribution in [3.05, 3.63) is 69.3 Å². The maximum Gasteiger partial charge on any atom is 0.338 e. The number of hydrogen-bond acceptors (Lipinski definition) is 6. The molecule has 1 saturated carbocycles. The molecular formula is C21H23N3O5. The molecule has 29 heavy (non-hydrogen) atoms. The molecule has 0 radical (unpaired) electrons. The number of ether oxygens (including phenoxy) is 1. The number of nitrogens with zero attached hydrogens (tertiary/aromatic N) is 2. The molecule has 0 bridgehead atoms. The number of nitrogens with one attached hydrogen (secondary N) is 1. The van der Waals surface area contributed by atoms with E-state index < -0.39 is 17.5 Å². The molecule has 0 aromatic heterocycles. The molecule has 2 aromatic carbocycles. The number of esters is 1. The van der Waals surface area contributed by atoms with E-state index in [1.54, 1.807) is 7.05 Å². The predicted molar refractivity (Wildman–Crippen MR) is 108 cm³/mol. The lowest BCUT2D eigenvalue weighted by molar-refractivity contribution is -0.384. The molecule has 0 aliphatic heterocycles. The van der Waals surface area contributed by atoms with E-state index >= 15 is 0 Å². The second kappa shape index (κ2) is 8.72. The molecule has 152 valence electrons. The van der Waals surface area contributed by atoms with E-state index in [-0.39, 0.29) is 23.2 Å². The quantitative estimate of drug-likeness (QED) is 0.417. The van der Waals surface area contributed by atoms with Crippen molar-refractivity contribution in [3.8, 4) is 0 Å². The van der Waals surface area contributed by atoms with E-state index in [2.05, 4.69) is 5.32 Å². The largest absolute Gasteiger partial charge is 0.452 e. The number of benzene rings is 2. The zero-order valence-electron chi connectivity index (χ0n) is 16.4. The lowest BCUT2D eigenvalue weighted by atomic mass is 10.1. The summed E-state index contributed by atoms with van der Waals surface area (Å²) in [5.74, 6) is -1.13. The minimum Gasteiger partial charge on any atom is -0.452 e. The maximum atomic E-state index is 12.3. The van der Waals surface area contributed by atoms with Crippen LogP contribution in [0.5, 0.6) is 0 Å². The van der Waals surface area contributed by atoms with Crippen molar-refractivity contribution in [1.82, 2.24) is 4.90 Å². The zero-order chi connectivity index (χ0) is 21.0. The topological polar surface area (TPSA) is 102 Å². The van der Waals surface area contributed by atoms with Gasteiger partial charge in [-0.25, -0.2) is 4.79 Å². The van der Waals surface area contributed by atoms with Crippen LogP contribution >= 0.6 is 0 Å². The van der Waals surface area contributed by atoms with Gasteiger partial charge in [0.15, 0.2) is 6.61 Å². The summed E-state index contributed by atoms with van der Waals surface area (Å²) in [5, 5.41) is 14.4.